The minimum absolute atomic E-state index is 0.183. The van der Waals surface area contributed by atoms with Crippen LogP contribution in [-0.4, -0.2) is 68.4 Å². The number of carbonyl (C=O) groups excluding carboxylic acids is 2. The zero-order valence-electron chi connectivity index (χ0n) is 20.5. The highest BCUT2D eigenvalue weighted by molar-refractivity contribution is 5.97. The lowest BCUT2D eigenvalue weighted by molar-refractivity contribution is -0.131. The summed E-state index contributed by atoms with van der Waals surface area (Å²) in [6, 6.07) is 14.3. The zero-order valence-corrected chi connectivity index (χ0v) is 20.5. The first-order valence-corrected chi connectivity index (χ1v) is 11.5. The summed E-state index contributed by atoms with van der Waals surface area (Å²) in [6.45, 7) is 5.83. The van der Waals surface area contributed by atoms with E-state index in [2.05, 4.69) is 58.6 Å². The Morgan fingerprint density at radius 3 is 2.46 bits per heavy atom. The molecule has 1 atom stereocenters. The Labute approximate surface area is 207 Å². The average molecular weight is 479 g/mol. The lowest BCUT2D eigenvalue weighted by atomic mass is 10.1. The molecule has 0 unspecified atom stereocenters. The fourth-order valence-corrected chi connectivity index (χ4v) is 3.26. The number of benzene rings is 2. The molecule has 8 nitrogen and oxygen atoms in total. The Morgan fingerprint density at radius 1 is 1.14 bits per heavy atom. The Morgan fingerprint density at radius 2 is 1.86 bits per heavy atom. The fraction of sp³-hybridized carbons (Fsp3) is 0.333. The molecule has 0 fully saturated rings. The molecule has 0 radical (unpaired) electrons. The number of likely N-dealkylation sites (N-methyl/N-ethyl adjacent to an activating group) is 2. The summed E-state index contributed by atoms with van der Waals surface area (Å²) in [5, 5.41) is 14.2. The third kappa shape index (κ3) is 9.73. The van der Waals surface area contributed by atoms with Crippen LogP contribution in [0.2, 0.25) is 0 Å². The SMILES string of the molecule is CCN(CCOC)Cc1ccc(C=CC#Cc2ccc(C(=O)N[C@@H](CNC)C(=O)NO)cc2)cc1. The van der Waals surface area contributed by atoms with E-state index < -0.39 is 17.9 Å². The van der Waals surface area contributed by atoms with Crippen molar-refractivity contribution < 1.29 is 19.5 Å². The number of nitrogens with one attached hydrogen (secondary N) is 3. The van der Waals surface area contributed by atoms with Gasteiger partial charge >= 0.3 is 0 Å². The van der Waals surface area contributed by atoms with E-state index in [9.17, 15) is 9.59 Å². The number of nitrogens with zero attached hydrogens (tertiary/aromatic N) is 1. The molecule has 2 rings (SSSR count). The molecule has 2 aromatic carbocycles. The lowest BCUT2D eigenvalue weighted by Crippen LogP contribution is -2.50. The van der Waals surface area contributed by atoms with Crippen LogP contribution in [0.1, 0.15) is 34.0 Å². The molecule has 0 aliphatic heterocycles. The van der Waals surface area contributed by atoms with Gasteiger partial charge in [-0.1, -0.05) is 43.0 Å². The molecular formula is C27H34N4O4. The van der Waals surface area contributed by atoms with Gasteiger partial charge in [-0.2, -0.15) is 0 Å². The van der Waals surface area contributed by atoms with Crippen LogP contribution < -0.4 is 16.1 Å². The number of allylic oxidation sites excluding steroid dienone is 1. The predicted molar refractivity (Wildman–Crippen MR) is 137 cm³/mol. The fourth-order valence-electron chi connectivity index (χ4n) is 3.26. The second-order valence-electron chi connectivity index (χ2n) is 7.84. The highest BCUT2D eigenvalue weighted by Crippen LogP contribution is 2.09. The van der Waals surface area contributed by atoms with Gasteiger partial charge in [-0.3, -0.25) is 19.7 Å². The Balaban J connectivity index is 1.91. The van der Waals surface area contributed by atoms with Crippen LogP contribution >= 0.6 is 0 Å². The first kappa shape index (κ1) is 27.8. The van der Waals surface area contributed by atoms with Crippen molar-refractivity contribution in [2.75, 3.05) is 40.4 Å². The maximum absolute atomic E-state index is 12.4. The van der Waals surface area contributed by atoms with Gasteiger partial charge in [0.05, 0.1) is 6.61 Å². The normalized spacial score (nSPS) is 11.7. The zero-order chi connectivity index (χ0) is 25.5. The molecule has 0 heterocycles. The van der Waals surface area contributed by atoms with Crippen molar-refractivity contribution in [2.45, 2.75) is 19.5 Å². The number of ether oxygens (including phenoxy) is 1. The summed E-state index contributed by atoms with van der Waals surface area (Å²) in [6.07, 6.45) is 3.75. The van der Waals surface area contributed by atoms with Crippen molar-refractivity contribution in [2.24, 2.45) is 0 Å². The van der Waals surface area contributed by atoms with Crippen molar-refractivity contribution >= 4 is 17.9 Å². The van der Waals surface area contributed by atoms with Gasteiger partial charge in [0.1, 0.15) is 6.04 Å². The topological polar surface area (TPSA) is 103 Å². The van der Waals surface area contributed by atoms with E-state index in [0.717, 1.165) is 37.4 Å². The van der Waals surface area contributed by atoms with E-state index in [1.54, 1.807) is 50.0 Å². The van der Waals surface area contributed by atoms with Gasteiger partial charge in [0.15, 0.2) is 0 Å². The number of hydrogen-bond acceptors (Lipinski definition) is 6. The standard InChI is InChI=1S/C27H34N4O4/c1-4-31(17-18-35-3)20-23-11-9-21(10-12-23)7-5-6-8-22-13-15-24(16-14-22)26(32)29-25(19-28-2)27(33)30-34/h5,7,9-16,25,28,34H,4,17-20H2,1-3H3,(H,29,32)(H,30,33)/t25-/m0/s1. The summed E-state index contributed by atoms with van der Waals surface area (Å²) in [5.41, 5.74) is 5.02. The lowest BCUT2D eigenvalue weighted by Gasteiger charge is -2.19. The first-order chi connectivity index (χ1) is 17.0. The molecule has 4 N–H and O–H groups in total. The van der Waals surface area contributed by atoms with Gasteiger partial charge in [-0.15, -0.1) is 0 Å². The van der Waals surface area contributed by atoms with Crippen LogP contribution in [0.3, 0.4) is 0 Å². The maximum atomic E-state index is 12.4. The number of hydrogen-bond donors (Lipinski definition) is 4. The molecule has 0 aromatic heterocycles. The largest absolute Gasteiger partial charge is 0.383 e. The van der Waals surface area contributed by atoms with Gasteiger partial charge < -0.3 is 15.4 Å². The third-order valence-electron chi connectivity index (χ3n) is 5.31. The van der Waals surface area contributed by atoms with Gasteiger partial charge in [0, 0.05) is 37.9 Å². The first-order valence-electron chi connectivity index (χ1n) is 11.5. The van der Waals surface area contributed by atoms with Gasteiger partial charge in [-0.25, -0.2) is 5.48 Å². The highest BCUT2D eigenvalue weighted by Gasteiger charge is 2.20. The molecule has 186 valence electrons. The van der Waals surface area contributed by atoms with Crippen molar-refractivity contribution in [3.05, 3.63) is 76.9 Å². The number of amides is 2. The van der Waals surface area contributed by atoms with Crippen LogP contribution in [0.15, 0.2) is 54.6 Å². The summed E-state index contributed by atoms with van der Waals surface area (Å²) in [7, 11) is 3.36. The van der Waals surface area contributed by atoms with E-state index in [1.165, 1.54) is 5.56 Å². The molecule has 0 spiro atoms. The van der Waals surface area contributed by atoms with Gasteiger partial charge in [0.2, 0.25) is 0 Å². The van der Waals surface area contributed by atoms with E-state index in [1.807, 2.05) is 6.08 Å². The van der Waals surface area contributed by atoms with E-state index >= 15 is 0 Å². The minimum atomic E-state index is -0.891. The van der Waals surface area contributed by atoms with E-state index in [4.69, 9.17) is 9.94 Å². The molecule has 8 heteroatoms. The Bertz CT molecular complexity index is 1020. The summed E-state index contributed by atoms with van der Waals surface area (Å²) < 4.78 is 5.16. The Kier molecular flexibility index (Phi) is 12.2. The molecule has 0 saturated heterocycles. The molecule has 2 aromatic rings. The molecule has 0 saturated carbocycles. The quantitative estimate of drug-likeness (QED) is 0.212. The second kappa shape index (κ2) is 15.4. The summed E-state index contributed by atoms with van der Waals surface area (Å²) in [5.74, 6) is 4.94. The van der Waals surface area contributed by atoms with Crippen LogP contribution in [0.5, 0.6) is 0 Å². The van der Waals surface area contributed by atoms with Crippen LogP contribution in [-0.2, 0) is 16.1 Å². The molecular weight excluding hydrogens is 444 g/mol. The van der Waals surface area contributed by atoms with Crippen LogP contribution in [0.4, 0.5) is 0 Å². The third-order valence-corrected chi connectivity index (χ3v) is 5.31. The van der Waals surface area contributed by atoms with E-state index in [-0.39, 0.29) is 6.54 Å². The van der Waals surface area contributed by atoms with Gasteiger partial charge in [-0.05, 0) is 61.1 Å². The molecule has 0 aliphatic carbocycles. The number of rotatable bonds is 12. The maximum Gasteiger partial charge on any atom is 0.267 e. The Hall–Kier alpha value is -3.48. The molecule has 0 bridgehead atoms. The van der Waals surface area contributed by atoms with Crippen molar-refractivity contribution in [1.29, 1.82) is 0 Å². The molecule has 2 amide bonds. The number of carbonyl (C=O) groups is 2. The highest BCUT2D eigenvalue weighted by atomic mass is 16.5. The predicted octanol–water partition coefficient (Wildman–Crippen LogP) is 2.04. The smallest absolute Gasteiger partial charge is 0.267 e. The average Bonchev–Trinajstić information content (AvgIpc) is 2.89. The van der Waals surface area contributed by atoms with Crippen LogP contribution in [0.25, 0.3) is 6.08 Å². The summed E-state index contributed by atoms with van der Waals surface area (Å²) in [4.78, 5) is 26.3. The van der Waals surface area contributed by atoms with Gasteiger partial charge in [0.25, 0.3) is 11.8 Å². The van der Waals surface area contributed by atoms with Crippen LogP contribution in [0, 0.1) is 11.8 Å². The number of methoxy groups -OCH3 is 1. The minimum Gasteiger partial charge on any atom is -0.383 e. The van der Waals surface area contributed by atoms with E-state index in [0.29, 0.717) is 5.56 Å². The van der Waals surface area contributed by atoms with Crippen molar-refractivity contribution in [3.63, 3.8) is 0 Å². The molecule has 0 aliphatic rings. The van der Waals surface area contributed by atoms with Crippen molar-refractivity contribution in [1.82, 2.24) is 21.0 Å². The van der Waals surface area contributed by atoms with Crippen molar-refractivity contribution in [3.8, 4) is 11.8 Å². The summed E-state index contributed by atoms with van der Waals surface area (Å²) >= 11 is 0. The number of hydroxylamine groups is 1. The molecule has 35 heavy (non-hydrogen) atoms. The monoisotopic (exact) mass is 478 g/mol. The second-order valence-corrected chi connectivity index (χ2v) is 7.84.